The van der Waals surface area contributed by atoms with Gasteiger partial charge in [0.2, 0.25) is 0 Å². The number of nitrogens with one attached hydrogen (secondary N) is 1. The van der Waals surface area contributed by atoms with Crippen LogP contribution in [0.2, 0.25) is 0 Å². The molecule has 1 saturated heterocycles. The summed E-state index contributed by atoms with van der Waals surface area (Å²) in [7, 11) is 0. The molecule has 0 spiro atoms. The average Bonchev–Trinajstić information content (AvgIpc) is 2.45. The van der Waals surface area contributed by atoms with Crippen molar-refractivity contribution in [2.24, 2.45) is 5.92 Å². The van der Waals surface area contributed by atoms with E-state index in [0.29, 0.717) is 12.0 Å². The van der Waals surface area contributed by atoms with E-state index in [1.807, 2.05) is 0 Å². The molecule has 1 aliphatic rings. The van der Waals surface area contributed by atoms with Crippen molar-refractivity contribution in [1.29, 1.82) is 0 Å². The van der Waals surface area contributed by atoms with Gasteiger partial charge in [-0.1, -0.05) is 26.0 Å². The lowest BCUT2D eigenvalue weighted by Gasteiger charge is -2.31. The molecule has 1 aromatic carbocycles. The number of rotatable bonds is 4. The second-order valence-corrected chi connectivity index (χ2v) is 5.89. The van der Waals surface area contributed by atoms with E-state index in [0.717, 1.165) is 43.8 Å². The van der Waals surface area contributed by atoms with Crippen LogP contribution in [0, 0.1) is 5.92 Å². The summed E-state index contributed by atoms with van der Waals surface area (Å²) in [6.07, 6.45) is -2.38. The van der Waals surface area contributed by atoms with Crippen LogP contribution in [-0.4, -0.2) is 19.3 Å². The highest BCUT2D eigenvalue weighted by molar-refractivity contribution is 5.27. The number of hydrogen-bond acceptors (Lipinski definition) is 2. The number of alkyl halides is 3. The Balaban J connectivity index is 2.10. The van der Waals surface area contributed by atoms with Gasteiger partial charge in [-0.15, -0.1) is 0 Å². The maximum absolute atomic E-state index is 12.6. The maximum Gasteiger partial charge on any atom is 0.416 e. The molecule has 0 amide bonds. The number of ether oxygens (including phenoxy) is 1. The molecule has 1 heterocycles. The fraction of sp³-hybridized carbons (Fsp3) is 0.625. The zero-order valence-electron chi connectivity index (χ0n) is 12.4. The van der Waals surface area contributed by atoms with Gasteiger partial charge in [0.1, 0.15) is 0 Å². The average molecular weight is 301 g/mol. The van der Waals surface area contributed by atoms with E-state index < -0.39 is 11.7 Å². The molecule has 118 valence electrons. The van der Waals surface area contributed by atoms with E-state index in [1.165, 1.54) is 0 Å². The normalized spacial score (nSPS) is 19.0. The van der Waals surface area contributed by atoms with Crippen molar-refractivity contribution in [3.8, 4) is 0 Å². The van der Waals surface area contributed by atoms with Crippen molar-refractivity contribution in [2.75, 3.05) is 13.2 Å². The van der Waals surface area contributed by atoms with Crippen molar-refractivity contribution in [1.82, 2.24) is 5.32 Å². The highest BCUT2D eigenvalue weighted by Gasteiger charge is 2.30. The van der Waals surface area contributed by atoms with Gasteiger partial charge in [-0.2, -0.15) is 13.2 Å². The predicted octanol–water partition coefficient (Wildman–Crippen LogP) is 4.17. The van der Waals surface area contributed by atoms with Crippen LogP contribution in [-0.2, 0) is 10.9 Å². The van der Waals surface area contributed by atoms with Gasteiger partial charge in [0.15, 0.2) is 0 Å². The third-order valence-corrected chi connectivity index (χ3v) is 3.90. The van der Waals surface area contributed by atoms with Crippen LogP contribution in [0.25, 0.3) is 0 Å². The summed E-state index contributed by atoms with van der Waals surface area (Å²) < 4.78 is 43.2. The second-order valence-electron chi connectivity index (χ2n) is 5.89. The maximum atomic E-state index is 12.6. The number of benzene rings is 1. The standard InChI is InChI=1S/C16H22F3NO/c1-11(2)15(20-14-7-9-21-10-8-14)12-3-5-13(6-4-12)16(17,18)19/h3-6,11,14-15,20H,7-10H2,1-2H3. The Morgan fingerprint density at radius 1 is 1.10 bits per heavy atom. The smallest absolute Gasteiger partial charge is 0.381 e. The highest BCUT2D eigenvalue weighted by atomic mass is 19.4. The summed E-state index contributed by atoms with van der Waals surface area (Å²) in [5.41, 5.74) is 0.310. The van der Waals surface area contributed by atoms with Crippen LogP contribution < -0.4 is 5.32 Å². The monoisotopic (exact) mass is 301 g/mol. The summed E-state index contributed by atoms with van der Waals surface area (Å²) in [4.78, 5) is 0. The largest absolute Gasteiger partial charge is 0.416 e. The first kappa shape index (κ1) is 16.3. The molecule has 0 radical (unpaired) electrons. The van der Waals surface area contributed by atoms with Crippen molar-refractivity contribution < 1.29 is 17.9 Å². The first-order chi connectivity index (χ1) is 9.88. The molecule has 0 saturated carbocycles. The number of halogens is 3. The summed E-state index contributed by atoms with van der Waals surface area (Å²) in [6.45, 7) is 5.65. The molecule has 1 fully saturated rings. The summed E-state index contributed by atoms with van der Waals surface area (Å²) >= 11 is 0. The molecule has 1 unspecified atom stereocenters. The van der Waals surface area contributed by atoms with E-state index in [2.05, 4.69) is 19.2 Å². The lowest BCUT2D eigenvalue weighted by atomic mass is 9.93. The molecular formula is C16H22F3NO. The Labute approximate surface area is 123 Å². The minimum absolute atomic E-state index is 0.0652. The Morgan fingerprint density at radius 3 is 2.14 bits per heavy atom. The third kappa shape index (κ3) is 4.45. The molecule has 1 atom stereocenters. The molecule has 0 aliphatic carbocycles. The molecule has 0 aromatic heterocycles. The van der Waals surface area contributed by atoms with Gasteiger partial charge in [0.25, 0.3) is 0 Å². The van der Waals surface area contributed by atoms with E-state index in [-0.39, 0.29) is 6.04 Å². The lowest BCUT2D eigenvalue weighted by molar-refractivity contribution is -0.137. The van der Waals surface area contributed by atoms with Crippen LogP contribution >= 0.6 is 0 Å². The van der Waals surface area contributed by atoms with Gasteiger partial charge in [0, 0.05) is 25.3 Å². The minimum Gasteiger partial charge on any atom is -0.381 e. The fourth-order valence-corrected chi connectivity index (χ4v) is 2.67. The van der Waals surface area contributed by atoms with E-state index in [1.54, 1.807) is 12.1 Å². The van der Waals surface area contributed by atoms with Gasteiger partial charge in [-0.25, -0.2) is 0 Å². The Kier molecular flexibility index (Phi) is 5.27. The van der Waals surface area contributed by atoms with Gasteiger partial charge in [0.05, 0.1) is 5.56 Å². The molecule has 2 rings (SSSR count). The molecule has 2 nitrogen and oxygen atoms in total. The quantitative estimate of drug-likeness (QED) is 0.901. The van der Waals surface area contributed by atoms with Crippen LogP contribution in [0.1, 0.15) is 43.9 Å². The molecule has 21 heavy (non-hydrogen) atoms. The molecule has 1 aliphatic heterocycles. The van der Waals surface area contributed by atoms with E-state index >= 15 is 0 Å². The van der Waals surface area contributed by atoms with Crippen molar-refractivity contribution in [2.45, 2.75) is 44.9 Å². The van der Waals surface area contributed by atoms with Crippen LogP contribution in [0.5, 0.6) is 0 Å². The zero-order valence-corrected chi connectivity index (χ0v) is 12.4. The van der Waals surface area contributed by atoms with Gasteiger partial charge in [-0.05, 0) is 36.5 Å². The van der Waals surface area contributed by atoms with E-state index in [9.17, 15) is 13.2 Å². The predicted molar refractivity (Wildman–Crippen MR) is 76.0 cm³/mol. The molecule has 1 aromatic rings. The van der Waals surface area contributed by atoms with Gasteiger partial charge >= 0.3 is 6.18 Å². The van der Waals surface area contributed by atoms with Gasteiger partial charge in [-0.3, -0.25) is 0 Å². The number of hydrogen-bond donors (Lipinski definition) is 1. The van der Waals surface area contributed by atoms with E-state index in [4.69, 9.17) is 4.74 Å². The summed E-state index contributed by atoms with van der Waals surface area (Å²) in [5, 5.41) is 3.57. The molecular weight excluding hydrogens is 279 g/mol. The van der Waals surface area contributed by atoms with Crippen LogP contribution in [0.15, 0.2) is 24.3 Å². The van der Waals surface area contributed by atoms with Gasteiger partial charge < -0.3 is 10.1 Å². The van der Waals surface area contributed by atoms with Crippen molar-refractivity contribution >= 4 is 0 Å². The molecule has 5 heteroatoms. The SMILES string of the molecule is CC(C)C(NC1CCOCC1)c1ccc(C(F)(F)F)cc1. The highest BCUT2D eigenvalue weighted by Crippen LogP contribution is 2.31. The van der Waals surface area contributed by atoms with Crippen molar-refractivity contribution in [3.05, 3.63) is 35.4 Å². The topological polar surface area (TPSA) is 21.3 Å². The molecule has 1 N–H and O–H groups in total. The first-order valence-corrected chi connectivity index (χ1v) is 7.39. The third-order valence-electron chi connectivity index (χ3n) is 3.90. The second kappa shape index (κ2) is 6.79. The minimum atomic E-state index is -4.28. The summed E-state index contributed by atoms with van der Waals surface area (Å²) in [5.74, 6) is 0.310. The van der Waals surface area contributed by atoms with Crippen LogP contribution in [0.4, 0.5) is 13.2 Å². The Hall–Kier alpha value is -1.07. The lowest BCUT2D eigenvalue weighted by Crippen LogP contribution is -2.39. The van der Waals surface area contributed by atoms with Crippen molar-refractivity contribution in [3.63, 3.8) is 0 Å². The molecule has 0 bridgehead atoms. The Morgan fingerprint density at radius 2 is 1.67 bits per heavy atom. The summed E-state index contributed by atoms with van der Waals surface area (Å²) in [6, 6.07) is 5.93. The van der Waals surface area contributed by atoms with Crippen LogP contribution in [0.3, 0.4) is 0 Å². The zero-order chi connectivity index (χ0) is 15.5. The Bertz CT molecular complexity index is 436. The first-order valence-electron chi connectivity index (χ1n) is 7.39. The fourth-order valence-electron chi connectivity index (χ4n) is 2.67.